The highest BCUT2D eigenvalue weighted by atomic mass is 32.2. The van der Waals surface area contributed by atoms with Gasteiger partial charge in [-0.05, 0) is 39.4 Å². The largest absolute Gasteiger partial charge is 0.381 e. The fourth-order valence-corrected chi connectivity index (χ4v) is 3.69. The number of hydrogen-bond donors (Lipinski definition) is 1. The number of nitrogens with zero attached hydrogens (tertiary/aromatic N) is 2. The van der Waals surface area contributed by atoms with Gasteiger partial charge >= 0.3 is 0 Å². The summed E-state index contributed by atoms with van der Waals surface area (Å²) in [6.07, 6.45) is 3.98. The van der Waals surface area contributed by atoms with Crippen molar-refractivity contribution in [1.82, 2.24) is 4.90 Å². The van der Waals surface area contributed by atoms with E-state index in [0.29, 0.717) is 11.7 Å². The highest BCUT2D eigenvalue weighted by Crippen LogP contribution is 2.31. The third-order valence-electron chi connectivity index (χ3n) is 4.07. The topological polar surface area (TPSA) is 92.5 Å². The van der Waals surface area contributed by atoms with Crippen LogP contribution in [0.4, 0.5) is 11.4 Å². The normalized spacial score (nSPS) is 22.0. The van der Waals surface area contributed by atoms with Crippen LogP contribution >= 0.6 is 0 Å². The molecule has 0 radical (unpaired) electrons. The first-order valence-corrected chi connectivity index (χ1v) is 8.99. The molecule has 8 heteroatoms. The van der Waals surface area contributed by atoms with Gasteiger partial charge in [0.2, 0.25) is 0 Å². The van der Waals surface area contributed by atoms with Crippen LogP contribution in [-0.2, 0) is 9.84 Å². The molecule has 0 saturated heterocycles. The molecule has 2 rings (SSSR count). The molecule has 7 nitrogen and oxygen atoms in total. The molecule has 0 aliphatic heterocycles. The summed E-state index contributed by atoms with van der Waals surface area (Å²) in [6, 6.07) is 4.58. The van der Waals surface area contributed by atoms with Crippen LogP contribution in [0.1, 0.15) is 19.3 Å². The van der Waals surface area contributed by atoms with Gasteiger partial charge in [-0.3, -0.25) is 10.1 Å². The van der Waals surface area contributed by atoms with Crippen LogP contribution in [0.3, 0.4) is 0 Å². The molecule has 1 aliphatic rings. The lowest BCUT2D eigenvalue weighted by molar-refractivity contribution is -0.385. The lowest BCUT2D eigenvalue weighted by atomic mass is 10.2. The molecule has 22 heavy (non-hydrogen) atoms. The standard InChI is InChI=1S/C14H21N3O4S/c1-16(2)11-5-4-10(8-11)15-13-7-6-12(17(18)19)9-14(13)22(3,20)21/h6-7,9-11,15H,4-5,8H2,1-3H3. The second kappa shape index (κ2) is 6.21. The molecule has 1 aromatic rings. The van der Waals surface area contributed by atoms with E-state index in [-0.39, 0.29) is 16.6 Å². The average Bonchev–Trinajstić information content (AvgIpc) is 2.86. The number of hydrogen-bond acceptors (Lipinski definition) is 6. The minimum Gasteiger partial charge on any atom is -0.381 e. The van der Waals surface area contributed by atoms with Crippen LogP contribution in [0.2, 0.25) is 0 Å². The van der Waals surface area contributed by atoms with Crippen molar-refractivity contribution in [2.75, 3.05) is 25.7 Å². The molecule has 0 heterocycles. The highest BCUT2D eigenvalue weighted by molar-refractivity contribution is 7.90. The Bertz CT molecular complexity index is 673. The Morgan fingerprint density at radius 1 is 1.32 bits per heavy atom. The highest BCUT2D eigenvalue weighted by Gasteiger charge is 2.27. The molecule has 2 atom stereocenters. The zero-order valence-corrected chi connectivity index (χ0v) is 13.8. The maximum absolute atomic E-state index is 11.9. The Labute approximate surface area is 130 Å². The number of benzene rings is 1. The predicted molar refractivity (Wildman–Crippen MR) is 84.9 cm³/mol. The smallest absolute Gasteiger partial charge is 0.270 e. The van der Waals surface area contributed by atoms with Crippen LogP contribution in [-0.4, -0.2) is 50.7 Å². The van der Waals surface area contributed by atoms with Gasteiger partial charge in [0.1, 0.15) is 0 Å². The lowest BCUT2D eigenvalue weighted by Gasteiger charge is -2.20. The van der Waals surface area contributed by atoms with Gasteiger partial charge in [0.05, 0.1) is 15.5 Å². The Morgan fingerprint density at radius 3 is 2.50 bits per heavy atom. The molecule has 1 N–H and O–H groups in total. The van der Waals surface area contributed by atoms with Gasteiger partial charge < -0.3 is 10.2 Å². The maximum Gasteiger partial charge on any atom is 0.270 e. The number of nitro groups is 1. The quantitative estimate of drug-likeness (QED) is 0.656. The van der Waals surface area contributed by atoms with Gasteiger partial charge in [-0.2, -0.15) is 0 Å². The SMILES string of the molecule is CN(C)C1CCC(Nc2ccc([N+](=O)[O-])cc2S(C)(=O)=O)C1. The first-order valence-electron chi connectivity index (χ1n) is 7.10. The van der Waals surface area contributed by atoms with E-state index in [9.17, 15) is 18.5 Å². The van der Waals surface area contributed by atoms with Crippen molar-refractivity contribution in [3.8, 4) is 0 Å². The summed E-state index contributed by atoms with van der Waals surface area (Å²) in [6.45, 7) is 0. The van der Waals surface area contributed by atoms with Crippen LogP contribution in [0, 0.1) is 10.1 Å². The van der Waals surface area contributed by atoms with Crippen molar-refractivity contribution in [1.29, 1.82) is 0 Å². The first kappa shape index (κ1) is 16.7. The summed E-state index contributed by atoms with van der Waals surface area (Å²) in [7, 11) is 0.519. The average molecular weight is 327 g/mol. The van der Waals surface area contributed by atoms with Crippen LogP contribution in [0.5, 0.6) is 0 Å². The monoisotopic (exact) mass is 327 g/mol. The summed E-state index contributed by atoms with van der Waals surface area (Å²) in [5.41, 5.74) is 0.223. The molecule has 0 spiro atoms. The van der Waals surface area contributed by atoms with Crippen molar-refractivity contribution in [2.45, 2.75) is 36.2 Å². The van der Waals surface area contributed by atoms with Crippen molar-refractivity contribution < 1.29 is 13.3 Å². The summed E-state index contributed by atoms with van der Waals surface area (Å²) in [5.74, 6) is 0. The number of anilines is 1. The second-order valence-corrected chi connectivity index (χ2v) is 7.97. The van der Waals surface area contributed by atoms with Gasteiger partial charge in [0.15, 0.2) is 9.84 Å². The molecule has 1 saturated carbocycles. The molecular formula is C14H21N3O4S. The van der Waals surface area contributed by atoms with E-state index < -0.39 is 14.8 Å². The summed E-state index contributed by atoms with van der Waals surface area (Å²) in [4.78, 5) is 12.4. The van der Waals surface area contributed by atoms with Gasteiger partial charge in [0.25, 0.3) is 5.69 Å². The number of non-ortho nitro benzene ring substituents is 1. The molecular weight excluding hydrogens is 306 g/mol. The van der Waals surface area contributed by atoms with Crippen molar-refractivity contribution in [2.24, 2.45) is 0 Å². The molecule has 122 valence electrons. The van der Waals surface area contributed by atoms with Gasteiger partial charge in [0, 0.05) is 30.5 Å². The van der Waals surface area contributed by atoms with Gasteiger partial charge in [-0.15, -0.1) is 0 Å². The lowest BCUT2D eigenvalue weighted by Crippen LogP contribution is -2.27. The molecule has 0 bridgehead atoms. The third kappa shape index (κ3) is 3.75. The van der Waals surface area contributed by atoms with Crippen molar-refractivity contribution in [3.63, 3.8) is 0 Å². The Balaban J connectivity index is 2.26. The number of nitro benzene ring substituents is 1. The third-order valence-corrected chi connectivity index (χ3v) is 5.21. The molecule has 0 aromatic heterocycles. The van der Waals surface area contributed by atoms with E-state index in [1.807, 2.05) is 14.1 Å². The van der Waals surface area contributed by atoms with Crippen molar-refractivity contribution in [3.05, 3.63) is 28.3 Å². The van der Waals surface area contributed by atoms with E-state index in [4.69, 9.17) is 0 Å². The molecule has 1 fully saturated rings. The molecule has 1 aromatic carbocycles. The minimum atomic E-state index is -3.54. The first-order chi connectivity index (χ1) is 10.2. The predicted octanol–water partition coefficient (Wildman–Crippen LogP) is 1.89. The minimum absolute atomic E-state index is 0.0185. The van der Waals surface area contributed by atoms with Gasteiger partial charge in [-0.1, -0.05) is 0 Å². The van der Waals surface area contributed by atoms with E-state index in [1.54, 1.807) is 0 Å². The van der Waals surface area contributed by atoms with Crippen molar-refractivity contribution >= 4 is 21.2 Å². The van der Waals surface area contributed by atoms with E-state index in [1.165, 1.54) is 12.1 Å². The molecule has 0 amide bonds. The zero-order chi connectivity index (χ0) is 16.5. The maximum atomic E-state index is 11.9. The van der Waals surface area contributed by atoms with Crippen LogP contribution in [0.25, 0.3) is 0 Å². The van der Waals surface area contributed by atoms with E-state index in [0.717, 1.165) is 31.6 Å². The molecule has 1 aliphatic carbocycles. The summed E-state index contributed by atoms with van der Waals surface area (Å²) >= 11 is 0. The fourth-order valence-electron chi connectivity index (χ4n) is 2.83. The van der Waals surface area contributed by atoms with Crippen LogP contribution < -0.4 is 5.32 Å². The van der Waals surface area contributed by atoms with E-state index in [2.05, 4.69) is 10.2 Å². The van der Waals surface area contributed by atoms with Crippen LogP contribution in [0.15, 0.2) is 23.1 Å². The second-order valence-electron chi connectivity index (χ2n) is 5.98. The van der Waals surface area contributed by atoms with Gasteiger partial charge in [-0.25, -0.2) is 8.42 Å². The number of rotatable bonds is 5. The Kier molecular flexibility index (Phi) is 4.72. The molecule has 2 unspecified atom stereocenters. The Hall–Kier alpha value is -1.67. The zero-order valence-electron chi connectivity index (χ0n) is 12.9. The fraction of sp³-hybridized carbons (Fsp3) is 0.571. The number of nitrogens with one attached hydrogen (secondary N) is 1. The number of sulfone groups is 1. The Morgan fingerprint density at radius 2 is 2.00 bits per heavy atom. The summed E-state index contributed by atoms with van der Waals surface area (Å²) < 4.78 is 23.8. The van der Waals surface area contributed by atoms with E-state index >= 15 is 0 Å². The summed E-state index contributed by atoms with van der Waals surface area (Å²) in [5, 5.41) is 14.1.